The van der Waals surface area contributed by atoms with Crippen LogP contribution in [0.25, 0.3) is 0 Å². The standard InChI is InChI=1S/C19H16O.2ClH.Mg/c20-19(16-10-4-1-5-11-16,17-12-6-2-7-13-17)18-14-8-3-9-15-18;;;/h1-15,20H;2*1H;/q;;;+2/p-2. The molecule has 0 radical (unpaired) electrons. The summed E-state index contributed by atoms with van der Waals surface area (Å²) < 4.78 is 0. The second-order valence-electron chi connectivity index (χ2n) is 4.81. The van der Waals surface area contributed by atoms with Crippen molar-refractivity contribution in [3.63, 3.8) is 0 Å². The molecule has 0 saturated heterocycles. The average molecular weight is 356 g/mol. The fourth-order valence-corrected chi connectivity index (χ4v) is 2.54. The molecule has 1 N–H and O–H groups in total. The normalized spacial score (nSPS) is 9.78. The summed E-state index contributed by atoms with van der Waals surface area (Å²) >= 11 is 0. The first-order chi connectivity index (χ1) is 9.82. The van der Waals surface area contributed by atoms with Gasteiger partial charge in [0, 0.05) is 0 Å². The van der Waals surface area contributed by atoms with E-state index in [4.69, 9.17) is 0 Å². The number of halogens is 2. The van der Waals surface area contributed by atoms with Crippen molar-refractivity contribution in [2.24, 2.45) is 0 Å². The minimum absolute atomic E-state index is 0. The smallest absolute Gasteiger partial charge is 1.00 e. The first-order valence-electron chi connectivity index (χ1n) is 6.71. The van der Waals surface area contributed by atoms with E-state index in [9.17, 15) is 5.11 Å². The van der Waals surface area contributed by atoms with E-state index in [1.807, 2.05) is 91.0 Å². The van der Waals surface area contributed by atoms with Gasteiger partial charge in [-0.3, -0.25) is 0 Å². The van der Waals surface area contributed by atoms with Crippen LogP contribution in [-0.2, 0) is 5.60 Å². The van der Waals surface area contributed by atoms with Crippen molar-refractivity contribution in [3.05, 3.63) is 108 Å². The summed E-state index contributed by atoms with van der Waals surface area (Å²) in [5.41, 5.74) is 1.50. The summed E-state index contributed by atoms with van der Waals surface area (Å²) in [7, 11) is 0. The van der Waals surface area contributed by atoms with Crippen LogP contribution in [0.5, 0.6) is 0 Å². The minimum atomic E-state index is -1.12. The first kappa shape index (κ1) is 22.0. The summed E-state index contributed by atoms with van der Waals surface area (Å²) in [6.07, 6.45) is 0. The zero-order valence-corrected chi connectivity index (χ0v) is 15.5. The van der Waals surface area contributed by atoms with E-state index in [2.05, 4.69) is 0 Å². The molecule has 23 heavy (non-hydrogen) atoms. The molecule has 0 unspecified atom stereocenters. The van der Waals surface area contributed by atoms with E-state index in [0.717, 1.165) is 16.7 Å². The van der Waals surface area contributed by atoms with E-state index in [1.165, 1.54) is 0 Å². The zero-order chi connectivity index (χ0) is 13.8. The van der Waals surface area contributed by atoms with Crippen molar-refractivity contribution in [3.8, 4) is 0 Å². The Kier molecular flexibility index (Phi) is 9.51. The van der Waals surface area contributed by atoms with Crippen molar-refractivity contribution in [2.75, 3.05) is 0 Å². The molecule has 0 atom stereocenters. The van der Waals surface area contributed by atoms with Gasteiger partial charge < -0.3 is 29.9 Å². The third-order valence-corrected chi connectivity index (χ3v) is 3.57. The molecule has 114 valence electrons. The van der Waals surface area contributed by atoms with Gasteiger partial charge in [0.2, 0.25) is 0 Å². The fraction of sp³-hybridized carbons (Fsp3) is 0.0526. The van der Waals surface area contributed by atoms with Gasteiger partial charge in [0.25, 0.3) is 0 Å². The quantitative estimate of drug-likeness (QED) is 0.410. The Hall–Kier alpha value is -1.03. The molecule has 0 bridgehead atoms. The van der Waals surface area contributed by atoms with Crippen LogP contribution in [0.3, 0.4) is 0 Å². The van der Waals surface area contributed by atoms with Gasteiger partial charge in [-0.25, -0.2) is 0 Å². The van der Waals surface area contributed by atoms with Gasteiger partial charge in [0.1, 0.15) is 5.60 Å². The molecule has 0 amide bonds. The van der Waals surface area contributed by atoms with Crippen LogP contribution in [0.2, 0.25) is 0 Å². The number of benzene rings is 3. The molecule has 4 heteroatoms. The van der Waals surface area contributed by atoms with Crippen molar-refractivity contribution in [1.29, 1.82) is 0 Å². The second kappa shape index (κ2) is 9.96. The van der Waals surface area contributed by atoms with Crippen LogP contribution in [-0.4, -0.2) is 28.2 Å². The van der Waals surface area contributed by atoms with Crippen LogP contribution in [0, 0.1) is 0 Å². The Morgan fingerprint density at radius 2 is 0.696 bits per heavy atom. The summed E-state index contributed by atoms with van der Waals surface area (Å²) in [6.45, 7) is 0. The van der Waals surface area contributed by atoms with E-state index in [1.54, 1.807) is 0 Å². The molecule has 0 saturated carbocycles. The van der Waals surface area contributed by atoms with Gasteiger partial charge in [-0.1, -0.05) is 91.0 Å². The molecule has 0 aliphatic carbocycles. The van der Waals surface area contributed by atoms with Crippen molar-refractivity contribution in [2.45, 2.75) is 5.60 Å². The number of aliphatic hydroxyl groups is 1. The van der Waals surface area contributed by atoms with Crippen molar-refractivity contribution in [1.82, 2.24) is 0 Å². The Balaban J connectivity index is 0.00000161. The van der Waals surface area contributed by atoms with Gasteiger partial charge in [0.15, 0.2) is 0 Å². The SMILES string of the molecule is OC(c1ccccc1)(c1ccccc1)c1ccccc1.[Cl-].[Cl-].[Mg+2]. The Morgan fingerprint density at radius 3 is 0.913 bits per heavy atom. The fourth-order valence-electron chi connectivity index (χ4n) is 2.54. The molecule has 3 aromatic carbocycles. The van der Waals surface area contributed by atoms with Crippen LogP contribution in [0.4, 0.5) is 0 Å². The molecule has 0 fully saturated rings. The maximum Gasteiger partial charge on any atom is 2.00 e. The zero-order valence-electron chi connectivity index (χ0n) is 12.6. The maximum atomic E-state index is 11.4. The van der Waals surface area contributed by atoms with Gasteiger partial charge in [0.05, 0.1) is 0 Å². The minimum Gasteiger partial charge on any atom is -1.00 e. The molecule has 0 heterocycles. The van der Waals surface area contributed by atoms with E-state index in [-0.39, 0.29) is 47.9 Å². The summed E-state index contributed by atoms with van der Waals surface area (Å²) in [5, 5.41) is 11.4. The van der Waals surface area contributed by atoms with Crippen LogP contribution in [0.1, 0.15) is 16.7 Å². The average Bonchev–Trinajstić information content (AvgIpc) is 2.56. The molecular weight excluding hydrogens is 339 g/mol. The number of hydrogen-bond donors (Lipinski definition) is 1. The van der Waals surface area contributed by atoms with E-state index in [0.29, 0.717) is 0 Å². The predicted octanol–water partition coefficient (Wildman–Crippen LogP) is -2.40. The molecule has 1 nitrogen and oxygen atoms in total. The Morgan fingerprint density at radius 1 is 0.478 bits per heavy atom. The van der Waals surface area contributed by atoms with Crippen molar-refractivity contribution >= 4 is 23.1 Å². The summed E-state index contributed by atoms with van der Waals surface area (Å²) in [5.74, 6) is 0. The van der Waals surface area contributed by atoms with E-state index >= 15 is 0 Å². The predicted molar refractivity (Wildman–Crippen MR) is 87.2 cm³/mol. The molecule has 0 aromatic heterocycles. The van der Waals surface area contributed by atoms with Gasteiger partial charge in [-0.2, -0.15) is 0 Å². The van der Waals surface area contributed by atoms with Crippen LogP contribution < -0.4 is 24.8 Å². The van der Waals surface area contributed by atoms with Gasteiger partial charge in [-0.05, 0) is 16.7 Å². The molecule has 3 aromatic rings. The Bertz CT molecular complexity index is 579. The monoisotopic (exact) mass is 354 g/mol. The van der Waals surface area contributed by atoms with Gasteiger partial charge >= 0.3 is 23.1 Å². The topological polar surface area (TPSA) is 20.2 Å². The first-order valence-corrected chi connectivity index (χ1v) is 6.71. The number of rotatable bonds is 3. The molecule has 0 spiro atoms. The number of hydrogen-bond acceptors (Lipinski definition) is 1. The third kappa shape index (κ3) is 4.49. The summed E-state index contributed by atoms with van der Waals surface area (Å²) in [6, 6.07) is 29.3. The third-order valence-electron chi connectivity index (χ3n) is 3.57. The molecule has 3 rings (SSSR count). The molecular formula is C19H16Cl2MgO. The van der Waals surface area contributed by atoms with Crippen LogP contribution >= 0.6 is 0 Å². The van der Waals surface area contributed by atoms with Crippen LogP contribution in [0.15, 0.2) is 91.0 Å². The molecule has 0 aliphatic heterocycles. The molecule has 0 aliphatic rings. The van der Waals surface area contributed by atoms with Gasteiger partial charge in [-0.15, -0.1) is 0 Å². The second-order valence-corrected chi connectivity index (χ2v) is 4.81. The Labute approximate surface area is 165 Å². The van der Waals surface area contributed by atoms with Crippen molar-refractivity contribution < 1.29 is 29.9 Å². The maximum absolute atomic E-state index is 11.4. The summed E-state index contributed by atoms with van der Waals surface area (Å²) in [4.78, 5) is 0. The largest absolute Gasteiger partial charge is 2.00 e. The van der Waals surface area contributed by atoms with E-state index < -0.39 is 5.60 Å².